The van der Waals surface area contributed by atoms with Gasteiger partial charge in [0.2, 0.25) is 0 Å². The van der Waals surface area contributed by atoms with E-state index in [1.165, 1.54) is 0 Å². The van der Waals surface area contributed by atoms with Gasteiger partial charge in [-0.1, -0.05) is 25.1 Å². The summed E-state index contributed by atoms with van der Waals surface area (Å²) < 4.78 is 1.91. The third-order valence-electron chi connectivity index (χ3n) is 2.20. The number of nitrogens with zero attached hydrogens (tertiary/aromatic N) is 2. The van der Waals surface area contributed by atoms with Crippen molar-refractivity contribution in [1.29, 1.82) is 0 Å². The molecule has 0 fully saturated rings. The van der Waals surface area contributed by atoms with E-state index in [1.54, 1.807) is 0 Å². The van der Waals surface area contributed by atoms with Gasteiger partial charge in [0.15, 0.2) is 0 Å². The molecule has 0 amide bonds. The second-order valence-electron chi connectivity index (χ2n) is 3.39. The number of benzene rings is 1. The summed E-state index contributed by atoms with van der Waals surface area (Å²) in [5.41, 5.74) is 1.08. The molecule has 3 heteroatoms. The summed E-state index contributed by atoms with van der Waals surface area (Å²) in [4.78, 5) is 0. The Labute approximate surface area is 89.7 Å². The van der Waals surface area contributed by atoms with Gasteiger partial charge in [0.1, 0.15) is 5.82 Å². The first-order valence-corrected chi connectivity index (χ1v) is 5.25. The molecular weight excluding hydrogens is 186 g/mol. The number of hydrogen-bond acceptors (Lipinski definition) is 2. The Balaban J connectivity index is 2.25. The van der Waals surface area contributed by atoms with Crippen molar-refractivity contribution >= 4 is 5.82 Å². The highest BCUT2D eigenvalue weighted by Crippen LogP contribution is 2.13. The van der Waals surface area contributed by atoms with Crippen LogP contribution in [-0.2, 0) is 0 Å². The fraction of sp³-hybridized carbons (Fsp3) is 0.250. The maximum Gasteiger partial charge on any atom is 0.129 e. The highest BCUT2D eigenvalue weighted by molar-refractivity contribution is 5.44. The molecule has 1 aromatic heterocycles. The molecule has 0 aliphatic heterocycles. The van der Waals surface area contributed by atoms with E-state index < -0.39 is 0 Å². The zero-order chi connectivity index (χ0) is 10.5. The van der Waals surface area contributed by atoms with Crippen LogP contribution in [0, 0.1) is 0 Å². The number of nitrogens with one attached hydrogen (secondary N) is 1. The fourth-order valence-electron chi connectivity index (χ4n) is 1.47. The van der Waals surface area contributed by atoms with Crippen LogP contribution in [0.1, 0.15) is 13.3 Å². The van der Waals surface area contributed by atoms with Gasteiger partial charge in [0.05, 0.1) is 11.9 Å². The Morgan fingerprint density at radius 1 is 1.20 bits per heavy atom. The van der Waals surface area contributed by atoms with E-state index in [9.17, 15) is 0 Å². The number of hydrogen-bond donors (Lipinski definition) is 1. The van der Waals surface area contributed by atoms with Crippen molar-refractivity contribution in [3.63, 3.8) is 0 Å². The molecule has 0 unspecified atom stereocenters. The number of para-hydroxylation sites is 1. The Morgan fingerprint density at radius 3 is 2.73 bits per heavy atom. The zero-order valence-electron chi connectivity index (χ0n) is 8.85. The van der Waals surface area contributed by atoms with Crippen LogP contribution in [0.2, 0.25) is 0 Å². The molecule has 2 aromatic rings. The molecule has 0 spiro atoms. The minimum absolute atomic E-state index is 0.971. The average molecular weight is 201 g/mol. The molecule has 1 heterocycles. The number of rotatable bonds is 4. The molecular formula is C12H15N3. The van der Waals surface area contributed by atoms with Crippen LogP contribution in [0.25, 0.3) is 5.69 Å². The molecule has 0 atom stereocenters. The van der Waals surface area contributed by atoms with Gasteiger partial charge in [-0.3, -0.25) is 0 Å². The molecule has 0 radical (unpaired) electrons. The molecule has 15 heavy (non-hydrogen) atoms. The van der Waals surface area contributed by atoms with Gasteiger partial charge in [0.25, 0.3) is 0 Å². The van der Waals surface area contributed by atoms with Crippen molar-refractivity contribution in [1.82, 2.24) is 9.78 Å². The van der Waals surface area contributed by atoms with Gasteiger partial charge in [0, 0.05) is 12.6 Å². The molecule has 0 aliphatic rings. The van der Waals surface area contributed by atoms with Crippen LogP contribution >= 0.6 is 0 Å². The summed E-state index contributed by atoms with van der Waals surface area (Å²) in [6, 6.07) is 12.1. The third kappa shape index (κ3) is 2.18. The van der Waals surface area contributed by atoms with Crippen LogP contribution in [0.4, 0.5) is 5.82 Å². The van der Waals surface area contributed by atoms with E-state index in [-0.39, 0.29) is 0 Å². The first-order valence-electron chi connectivity index (χ1n) is 5.25. The lowest BCUT2D eigenvalue weighted by Gasteiger charge is -2.08. The smallest absolute Gasteiger partial charge is 0.129 e. The molecule has 0 saturated heterocycles. The minimum Gasteiger partial charge on any atom is -0.370 e. The third-order valence-corrected chi connectivity index (χ3v) is 2.20. The first-order chi connectivity index (χ1) is 7.42. The minimum atomic E-state index is 0.971. The van der Waals surface area contributed by atoms with Gasteiger partial charge in [-0.2, -0.15) is 5.10 Å². The predicted molar refractivity (Wildman–Crippen MR) is 62.3 cm³/mol. The largest absolute Gasteiger partial charge is 0.370 e. The van der Waals surface area contributed by atoms with E-state index in [0.29, 0.717) is 0 Å². The molecule has 0 aliphatic carbocycles. The zero-order valence-corrected chi connectivity index (χ0v) is 8.85. The van der Waals surface area contributed by atoms with E-state index in [2.05, 4.69) is 17.3 Å². The quantitative estimate of drug-likeness (QED) is 0.824. The Hall–Kier alpha value is -1.77. The van der Waals surface area contributed by atoms with Crippen LogP contribution in [0.3, 0.4) is 0 Å². The molecule has 78 valence electrons. The summed E-state index contributed by atoms with van der Waals surface area (Å²) in [7, 11) is 0. The molecule has 2 rings (SSSR count). The standard InChI is InChI=1S/C12H15N3/c1-2-9-13-12-8-10-14-15(12)11-6-4-3-5-7-11/h3-8,10,13H,2,9H2,1H3. The Bertz CT molecular complexity index is 406. The van der Waals surface area contributed by atoms with Gasteiger partial charge in [-0.05, 0) is 18.6 Å². The molecule has 0 bridgehead atoms. The average Bonchev–Trinajstić information content (AvgIpc) is 2.75. The summed E-state index contributed by atoms with van der Waals surface area (Å²) >= 11 is 0. The van der Waals surface area contributed by atoms with Crippen LogP contribution < -0.4 is 5.32 Å². The lowest BCUT2D eigenvalue weighted by molar-refractivity contribution is 0.865. The summed E-state index contributed by atoms with van der Waals surface area (Å²) in [6.45, 7) is 3.12. The van der Waals surface area contributed by atoms with Gasteiger partial charge in [-0.15, -0.1) is 0 Å². The SMILES string of the molecule is CCCNc1ccnn1-c1ccccc1. The van der Waals surface area contributed by atoms with Crippen LogP contribution in [0.15, 0.2) is 42.6 Å². The lowest BCUT2D eigenvalue weighted by Crippen LogP contribution is -2.06. The van der Waals surface area contributed by atoms with Crippen LogP contribution in [0.5, 0.6) is 0 Å². The predicted octanol–water partition coefficient (Wildman–Crippen LogP) is 2.69. The van der Waals surface area contributed by atoms with Crippen molar-refractivity contribution in [3.05, 3.63) is 42.6 Å². The second-order valence-corrected chi connectivity index (χ2v) is 3.39. The Kier molecular flexibility index (Phi) is 3.02. The number of aromatic nitrogens is 2. The van der Waals surface area contributed by atoms with Crippen molar-refractivity contribution < 1.29 is 0 Å². The topological polar surface area (TPSA) is 29.9 Å². The monoisotopic (exact) mass is 201 g/mol. The molecule has 1 N–H and O–H groups in total. The fourth-order valence-corrected chi connectivity index (χ4v) is 1.47. The molecule has 3 nitrogen and oxygen atoms in total. The highest BCUT2D eigenvalue weighted by atomic mass is 15.3. The summed E-state index contributed by atoms with van der Waals surface area (Å²) in [5, 5.41) is 7.64. The molecule has 1 aromatic carbocycles. The Morgan fingerprint density at radius 2 is 2.00 bits per heavy atom. The first kappa shape index (κ1) is 9.77. The van der Waals surface area contributed by atoms with Crippen molar-refractivity contribution in [2.24, 2.45) is 0 Å². The van der Waals surface area contributed by atoms with E-state index in [4.69, 9.17) is 0 Å². The number of anilines is 1. The molecule has 0 saturated carbocycles. The normalized spacial score (nSPS) is 10.2. The van der Waals surface area contributed by atoms with Crippen molar-refractivity contribution in [2.45, 2.75) is 13.3 Å². The summed E-state index contributed by atoms with van der Waals surface area (Å²) in [6.07, 6.45) is 2.92. The highest BCUT2D eigenvalue weighted by Gasteiger charge is 2.02. The lowest BCUT2D eigenvalue weighted by atomic mass is 10.3. The van der Waals surface area contributed by atoms with Gasteiger partial charge >= 0.3 is 0 Å². The van der Waals surface area contributed by atoms with Crippen molar-refractivity contribution in [2.75, 3.05) is 11.9 Å². The van der Waals surface area contributed by atoms with E-state index in [1.807, 2.05) is 47.3 Å². The van der Waals surface area contributed by atoms with Crippen molar-refractivity contribution in [3.8, 4) is 5.69 Å². The second kappa shape index (κ2) is 4.64. The van der Waals surface area contributed by atoms with E-state index >= 15 is 0 Å². The van der Waals surface area contributed by atoms with Crippen LogP contribution in [-0.4, -0.2) is 16.3 Å². The summed E-state index contributed by atoms with van der Waals surface area (Å²) in [5.74, 6) is 1.04. The maximum atomic E-state index is 4.29. The maximum absolute atomic E-state index is 4.29. The van der Waals surface area contributed by atoms with E-state index in [0.717, 1.165) is 24.5 Å². The van der Waals surface area contributed by atoms with Gasteiger partial charge in [-0.25, -0.2) is 4.68 Å². The van der Waals surface area contributed by atoms with Gasteiger partial charge < -0.3 is 5.32 Å².